The lowest BCUT2D eigenvalue weighted by molar-refractivity contribution is 0.193. The summed E-state index contributed by atoms with van der Waals surface area (Å²) in [5.74, 6) is 0.664. The monoisotopic (exact) mass is 174 g/mol. The van der Waals surface area contributed by atoms with Crippen molar-refractivity contribution < 1.29 is 4.74 Å². The Labute approximate surface area is 76.0 Å². The van der Waals surface area contributed by atoms with Crippen LogP contribution in [0.15, 0.2) is 4.99 Å². The van der Waals surface area contributed by atoms with Crippen molar-refractivity contribution in [3.8, 4) is 0 Å². The van der Waals surface area contributed by atoms with Crippen LogP contribution in [0.2, 0.25) is 0 Å². The van der Waals surface area contributed by atoms with Gasteiger partial charge >= 0.3 is 0 Å². The SMILES string of the molecule is CC.COCCCCN=C(C)N. The van der Waals surface area contributed by atoms with Crippen molar-refractivity contribution in [2.75, 3.05) is 20.3 Å². The molecule has 0 radical (unpaired) electrons. The number of hydrogen-bond donors (Lipinski definition) is 1. The van der Waals surface area contributed by atoms with Crippen molar-refractivity contribution in [2.24, 2.45) is 10.7 Å². The molecule has 0 aliphatic rings. The van der Waals surface area contributed by atoms with Gasteiger partial charge in [0.1, 0.15) is 0 Å². The van der Waals surface area contributed by atoms with E-state index in [1.54, 1.807) is 14.0 Å². The van der Waals surface area contributed by atoms with Crippen molar-refractivity contribution in [1.29, 1.82) is 0 Å². The molecule has 0 aromatic rings. The minimum Gasteiger partial charge on any atom is -0.388 e. The maximum absolute atomic E-state index is 5.33. The number of aliphatic imine (C=N–C) groups is 1. The fourth-order valence-corrected chi connectivity index (χ4v) is 0.614. The molecule has 2 N–H and O–H groups in total. The predicted molar refractivity (Wildman–Crippen MR) is 54.6 cm³/mol. The Morgan fingerprint density at radius 2 is 1.92 bits per heavy atom. The largest absolute Gasteiger partial charge is 0.388 e. The highest BCUT2D eigenvalue weighted by Crippen LogP contribution is 1.89. The lowest BCUT2D eigenvalue weighted by Crippen LogP contribution is -2.06. The summed E-state index contributed by atoms with van der Waals surface area (Å²) in [7, 11) is 1.71. The van der Waals surface area contributed by atoms with Crippen molar-refractivity contribution in [1.82, 2.24) is 0 Å². The number of nitrogens with two attached hydrogens (primary N) is 1. The van der Waals surface area contributed by atoms with E-state index in [2.05, 4.69) is 4.99 Å². The highest BCUT2D eigenvalue weighted by molar-refractivity contribution is 5.77. The van der Waals surface area contributed by atoms with Gasteiger partial charge in [0.25, 0.3) is 0 Å². The minimum absolute atomic E-state index is 0.664. The topological polar surface area (TPSA) is 47.6 Å². The van der Waals surface area contributed by atoms with Gasteiger partial charge in [-0.05, 0) is 19.8 Å². The van der Waals surface area contributed by atoms with Crippen LogP contribution in [0, 0.1) is 0 Å². The highest BCUT2D eigenvalue weighted by atomic mass is 16.5. The number of ether oxygens (including phenoxy) is 1. The summed E-state index contributed by atoms with van der Waals surface area (Å²) in [4.78, 5) is 4.04. The van der Waals surface area contributed by atoms with E-state index in [9.17, 15) is 0 Å². The van der Waals surface area contributed by atoms with Crippen molar-refractivity contribution >= 4 is 5.84 Å². The second-order valence-electron chi connectivity index (χ2n) is 2.22. The van der Waals surface area contributed by atoms with E-state index in [1.165, 1.54) is 0 Å². The minimum atomic E-state index is 0.664. The Morgan fingerprint density at radius 3 is 2.33 bits per heavy atom. The van der Waals surface area contributed by atoms with E-state index < -0.39 is 0 Å². The molecule has 12 heavy (non-hydrogen) atoms. The third kappa shape index (κ3) is 16.2. The van der Waals surface area contributed by atoms with E-state index in [-0.39, 0.29) is 0 Å². The van der Waals surface area contributed by atoms with E-state index in [4.69, 9.17) is 10.5 Å². The Morgan fingerprint density at radius 1 is 1.33 bits per heavy atom. The van der Waals surface area contributed by atoms with Crippen LogP contribution in [0.1, 0.15) is 33.6 Å². The fraction of sp³-hybridized carbons (Fsp3) is 0.889. The summed E-state index contributed by atoms with van der Waals surface area (Å²) in [5.41, 5.74) is 5.33. The molecule has 0 atom stereocenters. The Kier molecular flexibility index (Phi) is 15.2. The van der Waals surface area contributed by atoms with Gasteiger partial charge < -0.3 is 10.5 Å². The zero-order valence-corrected chi connectivity index (χ0v) is 8.76. The molecule has 0 saturated heterocycles. The van der Waals surface area contributed by atoms with Gasteiger partial charge in [0.2, 0.25) is 0 Å². The predicted octanol–water partition coefficient (Wildman–Crippen LogP) is 1.82. The van der Waals surface area contributed by atoms with E-state index >= 15 is 0 Å². The standard InChI is InChI=1S/C7H16N2O.C2H6/c1-7(8)9-5-3-4-6-10-2;1-2/h3-6H2,1-2H3,(H2,8,9);1-2H3. The molecule has 0 aliphatic heterocycles. The summed E-state index contributed by atoms with van der Waals surface area (Å²) in [6.07, 6.45) is 2.12. The van der Waals surface area contributed by atoms with Crippen LogP contribution in [0.25, 0.3) is 0 Å². The highest BCUT2D eigenvalue weighted by Gasteiger charge is 1.85. The summed E-state index contributed by atoms with van der Waals surface area (Å²) < 4.78 is 4.87. The molecule has 0 fully saturated rings. The molecule has 0 unspecified atom stereocenters. The van der Waals surface area contributed by atoms with Crippen LogP contribution in [-0.4, -0.2) is 26.1 Å². The van der Waals surface area contributed by atoms with Gasteiger partial charge in [0, 0.05) is 20.3 Å². The number of amidine groups is 1. The summed E-state index contributed by atoms with van der Waals surface area (Å²) in [6, 6.07) is 0. The molecule has 0 aromatic heterocycles. The van der Waals surface area contributed by atoms with Gasteiger partial charge in [-0.25, -0.2) is 0 Å². The van der Waals surface area contributed by atoms with Gasteiger partial charge in [0.15, 0.2) is 0 Å². The zero-order valence-electron chi connectivity index (χ0n) is 8.76. The van der Waals surface area contributed by atoms with Gasteiger partial charge in [-0.1, -0.05) is 13.8 Å². The Balaban J connectivity index is 0. The van der Waals surface area contributed by atoms with Gasteiger partial charge in [-0.2, -0.15) is 0 Å². The average molecular weight is 174 g/mol. The van der Waals surface area contributed by atoms with Gasteiger partial charge in [-0.3, -0.25) is 4.99 Å². The average Bonchev–Trinajstić information content (AvgIpc) is 2.07. The summed E-state index contributed by atoms with van der Waals surface area (Å²) >= 11 is 0. The van der Waals surface area contributed by atoms with Crippen molar-refractivity contribution in [2.45, 2.75) is 33.6 Å². The maximum Gasteiger partial charge on any atom is 0.0905 e. The molecule has 0 rings (SSSR count). The first-order chi connectivity index (χ1) is 5.77. The summed E-state index contributed by atoms with van der Waals surface area (Å²) in [5, 5.41) is 0. The van der Waals surface area contributed by atoms with Crippen molar-refractivity contribution in [3.63, 3.8) is 0 Å². The van der Waals surface area contributed by atoms with Crippen molar-refractivity contribution in [3.05, 3.63) is 0 Å². The van der Waals surface area contributed by atoms with Crippen LogP contribution in [0.5, 0.6) is 0 Å². The fourth-order valence-electron chi connectivity index (χ4n) is 0.614. The number of methoxy groups -OCH3 is 1. The second kappa shape index (κ2) is 13.1. The Hall–Kier alpha value is -0.570. The van der Waals surface area contributed by atoms with Crippen LogP contribution in [0.3, 0.4) is 0 Å². The third-order valence-corrected chi connectivity index (χ3v) is 1.12. The lowest BCUT2D eigenvalue weighted by atomic mass is 10.3. The normalized spacial score (nSPS) is 10.5. The molecular weight excluding hydrogens is 152 g/mol. The van der Waals surface area contributed by atoms with Crippen LogP contribution in [-0.2, 0) is 4.74 Å². The zero-order chi connectivity index (χ0) is 9.82. The maximum atomic E-state index is 5.33. The lowest BCUT2D eigenvalue weighted by Gasteiger charge is -1.95. The number of rotatable bonds is 5. The first-order valence-electron chi connectivity index (χ1n) is 4.53. The molecule has 0 aromatic carbocycles. The molecule has 0 spiro atoms. The van der Waals surface area contributed by atoms with Gasteiger partial charge in [-0.15, -0.1) is 0 Å². The Bertz CT molecular complexity index is 98.7. The van der Waals surface area contributed by atoms with Crippen LogP contribution >= 0.6 is 0 Å². The molecule has 0 amide bonds. The van der Waals surface area contributed by atoms with Crippen LogP contribution in [0.4, 0.5) is 0 Å². The first kappa shape index (κ1) is 14.0. The van der Waals surface area contributed by atoms with E-state index in [0.717, 1.165) is 26.0 Å². The molecular formula is C9H22N2O. The molecule has 3 heteroatoms. The number of hydrogen-bond acceptors (Lipinski definition) is 2. The van der Waals surface area contributed by atoms with E-state index in [1.807, 2.05) is 13.8 Å². The number of nitrogens with zero attached hydrogens (tertiary/aromatic N) is 1. The summed E-state index contributed by atoms with van der Waals surface area (Å²) in [6.45, 7) is 7.45. The van der Waals surface area contributed by atoms with Crippen LogP contribution < -0.4 is 5.73 Å². The third-order valence-electron chi connectivity index (χ3n) is 1.12. The molecule has 74 valence electrons. The smallest absolute Gasteiger partial charge is 0.0905 e. The molecule has 0 heterocycles. The first-order valence-corrected chi connectivity index (χ1v) is 4.53. The molecule has 0 aliphatic carbocycles. The number of unbranched alkanes of at least 4 members (excludes halogenated alkanes) is 1. The molecule has 0 bridgehead atoms. The molecule has 0 saturated carbocycles. The second-order valence-corrected chi connectivity index (χ2v) is 2.22. The quantitative estimate of drug-likeness (QED) is 0.392. The van der Waals surface area contributed by atoms with Gasteiger partial charge in [0.05, 0.1) is 5.84 Å². The molecule has 3 nitrogen and oxygen atoms in total. The van der Waals surface area contributed by atoms with E-state index in [0.29, 0.717) is 5.84 Å².